The Labute approximate surface area is 115 Å². The molecule has 1 aromatic rings. The van der Waals surface area contributed by atoms with Crippen molar-refractivity contribution in [1.29, 1.82) is 0 Å². The molecule has 1 rings (SSSR count). The van der Waals surface area contributed by atoms with Gasteiger partial charge in [-0.2, -0.15) is 0 Å². The van der Waals surface area contributed by atoms with Crippen molar-refractivity contribution in [2.45, 2.75) is 52.4 Å². The quantitative estimate of drug-likeness (QED) is 0.400. The first-order chi connectivity index (χ1) is 9.16. The predicted molar refractivity (Wildman–Crippen MR) is 79.7 cm³/mol. The fourth-order valence-corrected chi connectivity index (χ4v) is 2.14. The van der Waals surface area contributed by atoms with Gasteiger partial charge in [-0.3, -0.25) is 10.1 Å². The topological polar surface area (TPSA) is 55.2 Å². The van der Waals surface area contributed by atoms with Crippen molar-refractivity contribution < 1.29 is 4.92 Å². The molecular weight excluding hydrogens is 240 g/mol. The smallest absolute Gasteiger partial charge is 0.274 e. The van der Waals surface area contributed by atoms with E-state index in [0.717, 1.165) is 24.2 Å². The molecule has 0 saturated heterocycles. The molecule has 4 nitrogen and oxygen atoms in total. The van der Waals surface area contributed by atoms with Gasteiger partial charge < -0.3 is 5.32 Å². The fraction of sp³-hybridized carbons (Fsp3) is 0.600. The van der Waals surface area contributed by atoms with Gasteiger partial charge in [0.15, 0.2) is 0 Å². The molecule has 0 atom stereocenters. The van der Waals surface area contributed by atoms with Gasteiger partial charge >= 0.3 is 0 Å². The van der Waals surface area contributed by atoms with E-state index in [0.29, 0.717) is 0 Å². The Kier molecular flexibility index (Phi) is 6.93. The summed E-state index contributed by atoms with van der Waals surface area (Å²) in [5, 5.41) is 14.1. The average molecular weight is 264 g/mol. The first-order valence-electron chi connectivity index (χ1n) is 7.14. The lowest BCUT2D eigenvalue weighted by atomic mass is 10.1. The summed E-state index contributed by atoms with van der Waals surface area (Å²) in [5.74, 6) is 0. The van der Waals surface area contributed by atoms with E-state index in [1.165, 1.54) is 32.1 Å². The second kappa shape index (κ2) is 8.51. The Morgan fingerprint density at radius 1 is 1.16 bits per heavy atom. The first kappa shape index (κ1) is 15.5. The van der Waals surface area contributed by atoms with Crippen molar-refractivity contribution >= 4 is 11.4 Å². The number of hydrogen-bond acceptors (Lipinski definition) is 3. The molecule has 106 valence electrons. The van der Waals surface area contributed by atoms with Crippen LogP contribution in [-0.2, 0) is 0 Å². The lowest BCUT2D eigenvalue weighted by Crippen LogP contribution is -2.04. The van der Waals surface area contributed by atoms with Crippen LogP contribution >= 0.6 is 0 Å². The van der Waals surface area contributed by atoms with E-state index in [1.807, 2.05) is 6.07 Å². The Hall–Kier alpha value is -1.58. The Balaban J connectivity index is 2.33. The molecule has 0 fully saturated rings. The molecule has 0 aliphatic heterocycles. The second-order valence-electron chi connectivity index (χ2n) is 4.90. The minimum Gasteiger partial charge on any atom is -0.385 e. The lowest BCUT2D eigenvalue weighted by Gasteiger charge is -2.09. The van der Waals surface area contributed by atoms with Gasteiger partial charge in [0, 0.05) is 23.9 Å². The van der Waals surface area contributed by atoms with Crippen molar-refractivity contribution in [2.24, 2.45) is 0 Å². The minimum absolute atomic E-state index is 0.188. The van der Waals surface area contributed by atoms with Crippen LogP contribution in [0, 0.1) is 17.0 Å². The van der Waals surface area contributed by atoms with Gasteiger partial charge in [0.05, 0.1) is 4.92 Å². The Morgan fingerprint density at radius 3 is 2.53 bits per heavy atom. The molecule has 0 aliphatic carbocycles. The van der Waals surface area contributed by atoms with Gasteiger partial charge in [0.1, 0.15) is 0 Å². The number of nitrogens with zero attached hydrogens (tertiary/aromatic N) is 1. The van der Waals surface area contributed by atoms with Crippen molar-refractivity contribution in [2.75, 3.05) is 11.9 Å². The summed E-state index contributed by atoms with van der Waals surface area (Å²) in [7, 11) is 0. The summed E-state index contributed by atoms with van der Waals surface area (Å²) in [5.41, 5.74) is 1.79. The van der Waals surface area contributed by atoms with E-state index in [2.05, 4.69) is 12.2 Å². The van der Waals surface area contributed by atoms with Crippen LogP contribution in [-0.4, -0.2) is 11.5 Å². The molecule has 0 spiro atoms. The largest absolute Gasteiger partial charge is 0.385 e. The van der Waals surface area contributed by atoms with Crippen LogP contribution < -0.4 is 5.32 Å². The maximum absolute atomic E-state index is 10.8. The molecule has 0 saturated carbocycles. The van der Waals surface area contributed by atoms with Crippen LogP contribution in [0.2, 0.25) is 0 Å². The average Bonchev–Trinajstić information content (AvgIpc) is 2.39. The number of anilines is 1. The number of nitro groups is 1. The standard InChI is InChI=1S/C15H24N2O2/c1-3-4-5-6-7-8-12-16-14-10-9-11-15(13(14)2)17(18)19/h9-11,16H,3-8,12H2,1-2H3. The van der Waals surface area contributed by atoms with E-state index in [4.69, 9.17) is 0 Å². The van der Waals surface area contributed by atoms with Crippen molar-refractivity contribution in [1.82, 2.24) is 0 Å². The highest BCUT2D eigenvalue weighted by molar-refractivity contribution is 5.59. The molecule has 4 heteroatoms. The number of hydrogen-bond donors (Lipinski definition) is 1. The molecule has 19 heavy (non-hydrogen) atoms. The summed E-state index contributed by atoms with van der Waals surface area (Å²) >= 11 is 0. The molecule has 0 aliphatic rings. The van der Waals surface area contributed by atoms with Crippen LogP contribution in [0.5, 0.6) is 0 Å². The van der Waals surface area contributed by atoms with E-state index < -0.39 is 0 Å². The zero-order chi connectivity index (χ0) is 14.1. The van der Waals surface area contributed by atoms with Crippen molar-refractivity contribution in [3.63, 3.8) is 0 Å². The van der Waals surface area contributed by atoms with Crippen LogP contribution in [0.25, 0.3) is 0 Å². The molecule has 1 N–H and O–H groups in total. The number of nitrogens with one attached hydrogen (secondary N) is 1. The molecule has 0 bridgehead atoms. The molecular formula is C15H24N2O2. The third-order valence-electron chi connectivity index (χ3n) is 3.35. The summed E-state index contributed by atoms with van der Waals surface area (Å²) < 4.78 is 0. The maximum Gasteiger partial charge on any atom is 0.274 e. The third kappa shape index (κ3) is 5.28. The molecule has 0 amide bonds. The fourth-order valence-electron chi connectivity index (χ4n) is 2.14. The van der Waals surface area contributed by atoms with Gasteiger partial charge in [0.2, 0.25) is 0 Å². The van der Waals surface area contributed by atoms with Gasteiger partial charge in [-0.15, -0.1) is 0 Å². The van der Waals surface area contributed by atoms with Crippen LogP contribution in [0.1, 0.15) is 51.0 Å². The summed E-state index contributed by atoms with van der Waals surface area (Å²) in [6, 6.07) is 5.18. The van der Waals surface area contributed by atoms with E-state index in [1.54, 1.807) is 19.1 Å². The van der Waals surface area contributed by atoms with Gasteiger partial charge in [0.25, 0.3) is 5.69 Å². The molecule has 1 aromatic carbocycles. The number of unbranched alkanes of at least 4 members (excludes halogenated alkanes) is 5. The van der Waals surface area contributed by atoms with Crippen LogP contribution in [0.15, 0.2) is 18.2 Å². The molecule has 0 heterocycles. The normalized spacial score (nSPS) is 10.4. The number of benzene rings is 1. The molecule has 0 aromatic heterocycles. The van der Waals surface area contributed by atoms with E-state index in [9.17, 15) is 10.1 Å². The van der Waals surface area contributed by atoms with E-state index >= 15 is 0 Å². The first-order valence-corrected chi connectivity index (χ1v) is 7.14. The molecule has 0 radical (unpaired) electrons. The summed E-state index contributed by atoms with van der Waals surface area (Å²) in [4.78, 5) is 10.5. The summed E-state index contributed by atoms with van der Waals surface area (Å²) in [6.07, 6.45) is 7.52. The van der Waals surface area contributed by atoms with Gasteiger partial charge in [-0.1, -0.05) is 45.1 Å². The SMILES string of the molecule is CCCCCCCCNc1cccc([N+](=O)[O-])c1C. The lowest BCUT2D eigenvalue weighted by molar-refractivity contribution is -0.385. The second-order valence-corrected chi connectivity index (χ2v) is 4.90. The summed E-state index contributed by atoms with van der Waals surface area (Å²) in [6.45, 7) is 4.89. The highest BCUT2D eigenvalue weighted by atomic mass is 16.6. The Morgan fingerprint density at radius 2 is 1.84 bits per heavy atom. The minimum atomic E-state index is -0.328. The highest BCUT2D eigenvalue weighted by Crippen LogP contribution is 2.24. The van der Waals surface area contributed by atoms with Gasteiger partial charge in [-0.05, 0) is 19.4 Å². The van der Waals surface area contributed by atoms with Crippen molar-refractivity contribution in [3.8, 4) is 0 Å². The predicted octanol–water partition coefficient (Wildman–Crippen LogP) is 4.68. The van der Waals surface area contributed by atoms with E-state index in [-0.39, 0.29) is 10.6 Å². The van der Waals surface area contributed by atoms with Crippen LogP contribution in [0.3, 0.4) is 0 Å². The third-order valence-corrected chi connectivity index (χ3v) is 3.35. The van der Waals surface area contributed by atoms with Crippen LogP contribution in [0.4, 0.5) is 11.4 Å². The monoisotopic (exact) mass is 264 g/mol. The maximum atomic E-state index is 10.8. The number of rotatable bonds is 9. The number of nitro benzene ring substituents is 1. The van der Waals surface area contributed by atoms with Gasteiger partial charge in [-0.25, -0.2) is 0 Å². The zero-order valence-electron chi connectivity index (χ0n) is 11.9. The zero-order valence-corrected chi connectivity index (χ0v) is 11.9. The van der Waals surface area contributed by atoms with Crippen molar-refractivity contribution in [3.05, 3.63) is 33.9 Å². The Bertz CT molecular complexity index is 405. The molecule has 0 unspecified atom stereocenters. The highest BCUT2D eigenvalue weighted by Gasteiger charge is 2.12.